The van der Waals surface area contributed by atoms with Gasteiger partial charge in [0.2, 0.25) is 0 Å². The minimum atomic E-state index is 0. The van der Waals surface area contributed by atoms with E-state index in [0.29, 0.717) is 23.7 Å². The molecule has 0 aromatic carbocycles. The van der Waals surface area contributed by atoms with Gasteiger partial charge in [0.25, 0.3) is 0 Å². The second-order valence-corrected chi connectivity index (χ2v) is 37.3. The van der Waals surface area contributed by atoms with E-state index < -0.39 is 0 Å². The summed E-state index contributed by atoms with van der Waals surface area (Å²) < 4.78 is 0. The molecule has 0 aromatic heterocycles. The minimum Gasteiger partial charge on any atom is -0.147 e. The van der Waals surface area contributed by atoms with Crippen LogP contribution in [0.25, 0.3) is 0 Å². The molecule has 0 aromatic rings. The monoisotopic (exact) mass is 976 g/mol. The molecule has 0 fully saturated rings. The molecule has 0 bridgehead atoms. The number of halogens is 2. The summed E-state index contributed by atoms with van der Waals surface area (Å²) in [5.41, 5.74) is 11.4. The van der Waals surface area contributed by atoms with Crippen molar-refractivity contribution in [2.45, 2.75) is 109 Å². The molecule has 0 spiro atoms. The van der Waals surface area contributed by atoms with Gasteiger partial charge in [0.1, 0.15) is 0 Å². The van der Waals surface area contributed by atoms with Crippen LogP contribution in [0, 0.1) is 48.0 Å². The van der Waals surface area contributed by atoms with Crippen LogP contribution in [0.15, 0.2) is 68.9 Å². The molecule has 0 nitrogen and oxygen atoms in total. The van der Waals surface area contributed by atoms with Crippen molar-refractivity contribution in [2.24, 2.45) is 23.7 Å². The topological polar surface area (TPSA) is 0 Å². The van der Waals surface area contributed by atoms with Gasteiger partial charge in [0.15, 0.2) is 0 Å². The Morgan fingerprint density at radius 3 is 0.571 bits per heavy atom. The Bertz CT molecular complexity index is 943. The third-order valence-corrected chi connectivity index (χ3v) is 6.29. The molecule has 0 saturated heterocycles. The van der Waals surface area contributed by atoms with Gasteiger partial charge in [-0.2, -0.15) is 22.3 Å². The molecular weight excluding hydrogens is 916 g/mol. The molecule has 0 aliphatic heterocycles. The van der Waals surface area contributed by atoms with E-state index in [1.54, 1.807) is 0 Å². The zero-order chi connectivity index (χ0) is 31.7. The molecular formula is C36H58Cl2Hf2Si2. The van der Waals surface area contributed by atoms with Crippen molar-refractivity contribution >= 4 is 35.8 Å². The summed E-state index contributed by atoms with van der Waals surface area (Å²) in [5.74, 6) is 2.26. The van der Waals surface area contributed by atoms with Gasteiger partial charge in [-0.05, 0) is 0 Å². The maximum Gasteiger partial charge on any atom is -0.147 e. The van der Waals surface area contributed by atoms with Crippen molar-refractivity contribution in [3.63, 3.8) is 0 Å². The van der Waals surface area contributed by atoms with E-state index in [2.05, 4.69) is 158 Å². The smallest absolute Gasteiger partial charge is 0.147 e. The molecule has 0 N–H and O–H groups in total. The summed E-state index contributed by atoms with van der Waals surface area (Å²) in [6.45, 7) is 34.9. The van der Waals surface area contributed by atoms with E-state index in [1.807, 2.05) is 0 Å². The van der Waals surface area contributed by atoms with Crippen LogP contribution in [0.1, 0.15) is 83.1 Å². The number of allylic oxidation sites excluding steroid dienone is 16. The molecule has 232 valence electrons. The Balaban J connectivity index is -0.000000209. The third-order valence-electron chi connectivity index (χ3n) is 6.29. The zero-order valence-electron chi connectivity index (χ0n) is 29.4. The van der Waals surface area contributed by atoms with Crippen molar-refractivity contribution in [3.8, 4) is 0 Å². The molecule has 4 aliphatic carbocycles. The first-order chi connectivity index (χ1) is 18.3. The number of rotatable bonds is 0. The van der Waals surface area contributed by atoms with Gasteiger partial charge in [-0.25, -0.2) is 46.6 Å². The second kappa shape index (κ2) is 26.8. The summed E-state index contributed by atoms with van der Waals surface area (Å²) >= 11 is 2.90. The van der Waals surface area contributed by atoms with Gasteiger partial charge < -0.3 is 0 Å². The first-order valence-corrected chi connectivity index (χ1v) is 30.2. The van der Waals surface area contributed by atoms with Gasteiger partial charge >= 0.3 is 83.2 Å². The van der Waals surface area contributed by atoms with Gasteiger partial charge in [-0.1, -0.05) is 107 Å². The molecule has 6 heteroatoms. The molecule has 0 heterocycles. The fourth-order valence-corrected chi connectivity index (χ4v) is 3.85. The summed E-state index contributed by atoms with van der Waals surface area (Å²) in [5, 5.41) is 0. The Morgan fingerprint density at radius 2 is 0.548 bits per heavy atom. The quantitative estimate of drug-likeness (QED) is 0.168. The summed E-state index contributed by atoms with van der Waals surface area (Å²) in [4.78, 5) is 0. The summed E-state index contributed by atoms with van der Waals surface area (Å²) in [6.07, 6.45) is 21.9. The van der Waals surface area contributed by atoms with Crippen LogP contribution in [0.2, 0.25) is 26.2 Å². The van der Waals surface area contributed by atoms with Gasteiger partial charge in [-0.15, -0.1) is 24.8 Å². The summed E-state index contributed by atoms with van der Waals surface area (Å²) in [6, 6.07) is 0. The SMILES string of the molecule is CC1=[C-]C(C)C(C)=C1.CC1=[C-]C(C)C(C)=C1.CC1=[C-]C(C)C(C)=C1.CC1=[C-]C(C)C(C)=C1.C[Si](C)=[Hf+2].C[Si](C)=[Hf+2].Cl.Cl. The second-order valence-electron chi connectivity index (χ2n) is 11.7. The maximum atomic E-state index is 3.29. The van der Waals surface area contributed by atoms with Crippen molar-refractivity contribution in [1.82, 2.24) is 0 Å². The third kappa shape index (κ3) is 27.0. The maximum absolute atomic E-state index is 3.29. The van der Waals surface area contributed by atoms with Crippen molar-refractivity contribution in [3.05, 3.63) is 93.2 Å². The molecule has 0 radical (unpaired) electrons. The van der Waals surface area contributed by atoms with Gasteiger partial charge in [0.05, 0.1) is 0 Å². The molecule has 0 amide bonds. The molecule has 0 saturated carbocycles. The molecule has 4 unspecified atom stereocenters. The van der Waals surface area contributed by atoms with Crippen LogP contribution in [-0.4, -0.2) is 11.0 Å². The van der Waals surface area contributed by atoms with Crippen LogP contribution < -0.4 is 0 Å². The van der Waals surface area contributed by atoms with Crippen LogP contribution in [-0.2, 0) is 46.0 Å². The Morgan fingerprint density at radius 1 is 0.429 bits per heavy atom. The Kier molecular flexibility index (Phi) is 31.7. The van der Waals surface area contributed by atoms with Crippen LogP contribution in [0.5, 0.6) is 0 Å². The normalized spacial score (nSPS) is 22.4. The van der Waals surface area contributed by atoms with Crippen LogP contribution in [0.3, 0.4) is 0 Å². The zero-order valence-corrected chi connectivity index (χ0v) is 40.3. The van der Waals surface area contributed by atoms with E-state index in [-0.39, 0.29) is 35.8 Å². The average molecular weight is 975 g/mol. The molecule has 4 aliphatic rings. The van der Waals surface area contributed by atoms with Crippen molar-refractivity contribution < 1.29 is 46.0 Å². The average Bonchev–Trinajstić information content (AvgIpc) is 3.44. The van der Waals surface area contributed by atoms with E-state index in [1.165, 1.54) is 90.6 Å². The standard InChI is InChI=1S/4C8H11.2C2H6Si.2ClH.2Hf/c4*1-6-4-7(2)8(3)5-6;2*1-3-2;;;;/h4*4,8H,1-3H3;2*1-2H3;2*1H;;/q4*-1;;;;;2*+2. The van der Waals surface area contributed by atoms with Crippen molar-refractivity contribution in [1.29, 1.82) is 0 Å². The first-order valence-electron chi connectivity index (χ1n) is 14.4. The minimum absolute atomic E-state index is 0. The van der Waals surface area contributed by atoms with Gasteiger partial charge in [-0.3, -0.25) is 24.3 Å². The summed E-state index contributed by atoms with van der Waals surface area (Å²) in [7, 11) is 0. The van der Waals surface area contributed by atoms with Crippen molar-refractivity contribution in [2.75, 3.05) is 0 Å². The molecule has 42 heavy (non-hydrogen) atoms. The fourth-order valence-electron chi connectivity index (χ4n) is 3.85. The van der Waals surface area contributed by atoms with Gasteiger partial charge in [0, 0.05) is 0 Å². The van der Waals surface area contributed by atoms with E-state index in [9.17, 15) is 0 Å². The Labute approximate surface area is 305 Å². The predicted molar refractivity (Wildman–Crippen MR) is 191 cm³/mol. The Hall–Kier alpha value is 0.674. The fraction of sp³-hybridized carbons (Fsp3) is 0.556. The molecule has 4 rings (SSSR count). The van der Waals surface area contributed by atoms with Crippen LogP contribution in [0.4, 0.5) is 0 Å². The predicted octanol–water partition coefficient (Wildman–Crippen LogP) is 11.7. The van der Waals surface area contributed by atoms with E-state index in [0.717, 1.165) is 0 Å². The largest absolute Gasteiger partial charge is 0.147 e. The number of hydrogen-bond acceptors (Lipinski definition) is 0. The number of hydrogen-bond donors (Lipinski definition) is 0. The first kappa shape index (κ1) is 49.6. The van der Waals surface area contributed by atoms with Crippen LogP contribution >= 0.6 is 24.8 Å². The molecule has 4 atom stereocenters. The van der Waals surface area contributed by atoms with E-state index >= 15 is 0 Å². The van der Waals surface area contributed by atoms with E-state index in [4.69, 9.17) is 0 Å².